The van der Waals surface area contributed by atoms with Gasteiger partial charge in [-0.3, -0.25) is 14.4 Å². The van der Waals surface area contributed by atoms with Crippen molar-refractivity contribution in [1.82, 2.24) is 5.32 Å². The van der Waals surface area contributed by atoms with Gasteiger partial charge in [-0.05, 0) is 44.0 Å². The Labute approximate surface area is 169 Å². The van der Waals surface area contributed by atoms with Gasteiger partial charge in [-0.25, -0.2) is 0 Å². The summed E-state index contributed by atoms with van der Waals surface area (Å²) in [7, 11) is 0. The van der Waals surface area contributed by atoms with Crippen LogP contribution in [0.15, 0.2) is 48.5 Å². The lowest BCUT2D eigenvalue weighted by atomic mass is 10.2. The minimum absolute atomic E-state index is 0.281. The molecule has 152 valence electrons. The summed E-state index contributed by atoms with van der Waals surface area (Å²) < 4.78 is 10.6. The second kappa shape index (κ2) is 9.23. The SMILES string of the molecule is CCOc1ccccc1C(=O)NCC(=O)O[C@@H](C)C(=O)N1CCc2ccccc21. The molecule has 0 unspecified atom stereocenters. The number of ether oxygens (including phenoxy) is 2. The van der Waals surface area contributed by atoms with Gasteiger partial charge in [0.1, 0.15) is 12.3 Å². The van der Waals surface area contributed by atoms with Crippen molar-refractivity contribution in [1.29, 1.82) is 0 Å². The number of benzene rings is 2. The van der Waals surface area contributed by atoms with Crippen LogP contribution in [0.3, 0.4) is 0 Å². The minimum Gasteiger partial charge on any atom is -0.493 e. The Morgan fingerprint density at radius 3 is 2.62 bits per heavy atom. The van der Waals surface area contributed by atoms with Crippen LogP contribution >= 0.6 is 0 Å². The lowest BCUT2D eigenvalue weighted by molar-refractivity contribution is -0.152. The van der Waals surface area contributed by atoms with Crippen LogP contribution in [-0.4, -0.2) is 43.6 Å². The number of hydrogen-bond acceptors (Lipinski definition) is 5. The Balaban J connectivity index is 1.53. The normalized spacial score (nSPS) is 13.4. The fourth-order valence-corrected chi connectivity index (χ4v) is 3.26. The Morgan fingerprint density at radius 2 is 1.83 bits per heavy atom. The standard InChI is InChI=1S/C22H24N2O5/c1-3-28-19-11-7-5-9-17(19)21(26)23-14-20(25)29-15(2)22(27)24-13-12-16-8-4-6-10-18(16)24/h4-11,15H,3,12-14H2,1-2H3,(H,23,26)/t15-/m0/s1. The zero-order chi connectivity index (χ0) is 20.8. The molecular weight excluding hydrogens is 372 g/mol. The molecular formula is C22H24N2O5. The zero-order valence-corrected chi connectivity index (χ0v) is 16.5. The van der Waals surface area contributed by atoms with Gasteiger partial charge in [-0.15, -0.1) is 0 Å². The quantitative estimate of drug-likeness (QED) is 0.726. The zero-order valence-electron chi connectivity index (χ0n) is 16.5. The number of hydrogen-bond donors (Lipinski definition) is 1. The molecule has 29 heavy (non-hydrogen) atoms. The van der Waals surface area contributed by atoms with Crippen molar-refractivity contribution >= 4 is 23.5 Å². The number of amides is 2. The van der Waals surface area contributed by atoms with Crippen molar-refractivity contribution in [2.24, 2.45) is 0 Å². The Bertz CT molecular complexity index is 912. The molecule has 2 aromatic carbocycles. The maximum Gasteiger partial charge on any atom is 0.326 e. The van der Waals surface area contributed by atoms with Crippen LogP contribution in [0.1, 0.15) is 29.8 Å². The van der Waals surface area contributed by atoms with Gasteiger partial charge in [0.25, 0.3) is 11.8 Å². The monoisotopic (exact) mass is 396 g/mol. The van der Waals surface area contributed by atoms with E-state index in [1.165, 1.54) is 6.92 Å². The first kappa shape index (κ1) is 20.4. The number of carbonyl (C=O) groups excluding carboxylic acids is 3. The second-order valence-electron chi connectivity index (χ2n) is 6.61. The van der Waals surface area contributed by atoms with Crippen LogP contribution in [0, 0.1) is 0 Å². The fraction of sp³-hybridized carbons (Fsp3) is 0.318. The number of para-hydroxylation sites is 2. The second-order valence-corrected chi connectivity index (χ2v) is 6.61. The van der Waals surface area contributed by atoms with Gasteiger partial charge in [-0.1, -0.05) is 30.3 Å². The summed E-state index contributed by atoms with van der Waals surface area (Å²) >= 11 is 0. The molecule has 7 nitrogen and oxygen atoms in total. The molecule has 1 heterocycles. The third kappa shape index (κ3) is 4.74. The number of fused-ring (bicyclic) bond motifs is 1. The Morgan fingerprint density at radius 1 is 1.10 bits per heavy atom. The van der Waals surface area contributed by atoms with Crippen molar-refractivity contribution in [2.75, 3.05) is 24.6 Å². The topological polar surface area (TPSA) is 84.9 Å². The van der Waals surface area contributed by atoms with Crippen molar-refractivity contribution in [3.8, 4) is 5.75 Å². The molecule has 1 aliphatic heterocycles. The number of nitrogens with zero attached hydrogens (tertiary/aromatic N) is 1. The molecule has 1 N–H and O–H groups in total. The van der Waals surface area contributed by atoms with Gasteiger partial charge >= 0.3 is 5.97 Å². The van der Waals surface area contributed by atoms with Crippen molar-refractivity contribution < 1.29 is 23.9 Å². The van der Waals surface area contributed by atoms with Gasteiger partial charge in [0.15, 0.2) is 6.10 Å². The van der Waals surface area contributed by atoms with Gasteiger partial charge in [0, 0.05) is 12.2 Å². The van der Waals surface area contributed by atoms with E-state index < -0.39 is 18.0 Å². The summed E-state index contributed by atoms with van der Waals surface area (Å²) in [6.07, 6.45) is -0.168. The Kier molecular flexibility index (Phi) is 6.49. The van der Waals surface area contributed by atoms with E-state index in [1.54, 1.807) is 29.2 Å². The van der Waals surface area contributed by atoms with Crippen LogP contribution in [0.4, 0.5) is 5.69 Å². The van der Waals surface area contributed by atoms with E-state index in [0.717, 1.165) is 17.7 Å². The predicted octanol–water partition coefficient (Wildman–Crippen LogP) is 2.34. The highest BCUT2D eigenvalue weighted by Crippen LogP contribution is 2.28. The van der Waals surface area contributed by atoms with Crippen LogP contribution in [0.2, 0.25) is 0 Å². The molecule has 0 saturated heterocycles. The lowest BCUT2D eigenvalue weighted by Crippen LogP contribution is -2.41. The van der Waals surface area contributed by atoms with Crippen LogP contribution in [0.5, 0.6) is 5.75 Å². The van der Waals surface area contributed by atoms with E-state index in [1.807, 2.05) is 31.2 Å². The van der Waals surface area contributed by atoms with Gasteiger partial charge in [0.2, 0.25) is 0 Å². The third-order valence-corrected chi connectivity index (χ3v) is 4.63. The van der Waals surface area contributed by atoms with Gasteiger partial charge in [0.05, 0.1) is 12.2 Å². The van der Waals surface area contributed by atoms with E-state index in [0.29, 0.717) is 24.5 Å². The molecule has 0 saturated carbocycles. The molecule has 0 fully saturated rings. The molecule has 2 aromatic rings. The van der Waals surface area contributed by atoms with Gasteiger partial charge in [-0.2, -0.15) is 0 Å². The highest BCUT2D eigenvalue weighted by atomic mass is 16.5. The molecule has 1 aliphatic rings. The number of esters is 1. The largest absolute Gasteiger partial charge is 0.493 e. The van der Waals surface area contributed by atoms with Crippen LogP contribution in [-0.2, 0) is 20.7 Å². The van der Waals surface area contributed by atoms with Crippen LogP contribution in [0.25, 0.3) is 0 Å². The lowest BCUT2D eigenvalue weighted by Gasteiger charge is -2.21. The number of nitrogens with one attached hydrogen (secondary N) is 1. The number of carbonyl (C=O) groups is 3. The fourth-order valence-electron chi connectivity index (χ4n) is 3.26. The predicted molar refractivity (Wildman–Crippen MR) is 108 cm³/mol. The molecule has 0 aliphatic carbocycles. The molecule has 0 bridgehead atoms. The number of anilines is 1. The minimum atomic E-state index is -0.943. The maximum atomic E-state index is 12.7. The summed E-state index contributed by atoms with van der Waals surface area (Å²) in [6.45, 7) is 4.00. The first-order valence-corrected chi connectivity index (χ1v) is 9.60. The highest BCUT2D eigenvalue weighted by Gasteiger charge is 2.29. The van der Waals surface area contributed by atoms with Crippen molar-refractivity contribution in [3.63, 3.8) is 0 Å². The molecule has 0 spiro atoms. The van der Waals surface area contributed by atoms with E-state index >= 15 is 0 Å². The van der Waals surface area contributed by atoms with Crippen molar-refractivity contribution in [2.45, 2.75) is 26.4 Å². The molecule has 0 aromatic heterocycles. The average Bonchev–Trinajstić information content (AvgIpc) is 3.16. The van der Waals surface area contributed by atoms with Crippen molar-refractivity contribution in [3.05, 3.63) is 59.7 Å². The summed E-state index contributed by atoms with van der Waals surface area (Å²) in [5.74, 6) is -0.965. The van der Waals surface area contributed by atoms with Crippen LogP contribution < -0.4 is 15.0 Å². The van der Waals surface area contributed by atoms with E-state index in [4.69, 9.17) is 9.47 Å². The maximum absolute atomic E-state index is 12.7. The smallest absolute Gasteiger partial charge is 0.326 e. The third-order valence-electron chi connectivity index (χ3n) is 4.63. The molecule has 2 amide bonds. The van der Waals surface area contributed by atoms with E-state index in [-0.39, 0.29) is 12.5 Å². The Hall–Kier alpha value is -3.35. The summed E-state index contributed by atoms with van der Waals surface area (Å²) in [4.78, 5) is 38.8. The molecule has 1 atom stereocenters. The molecule has 7 heteroatoms. The van der Waals surface area contributed by atoms with Gasteiger partial charge < -0.3 is 19.7 Å². The summed E-state index contributed by atoms with van der Waals surface area (Å²) in [6, 6.07) is 14.4. The average molecular weight is 396 g/mol. The summed E-state index contributed by atoms with van der Waals surface area (Å²) in [5.41, 5.74) is 2.28. The van der Waals surface area contributed by atoms with E-state index in [9.17, 15) is 14.4 Å². The molecule has 3 rings (SSSR count). The first-order valence-electron chi connectivity index (χ1n) is 9.60. The highest BCUT2D eigenvalue weighted by molar-refractivity contribution is 6.00. The number of rotatable bonds is 7. The molecule has 0 radical (unpaired) electrons. The first-order chi connectivity index (χ1) is 14.0. The van der Waals surface area contributed by atoms with E-state index in [2.05, 4.69) is 5.32 Å². The summed E-state index contributed by atoms with van der Waals surface area (Å²) in [5, 5.41) is 2.51.